The highest BCUT2D eigenvalue weighted by atomic mass is 16.6. The number of oxime groups is 1. The van der Waals surface area contributed by atoms with Crippen molar-refractivity contribution in [3.63, 3.8) is 0 Å². The van der Waals surface area contributed by atoms with Crippen LogP contribution in [0.1, 0.15) is 17.5 Å². The molecule has 2 aromatic rings. The zero-order chi connectivity index (χ0) is 16.1. The second kappa shape index (κ2) is 6.83. The molecule has 3 rings (SSSR count). The van der Waals surface area contributed by atoms with E-state index in [2.05, 4.69) is 5.16 Å². The van der Waals surface area contributed by atoms with E-state index in [1.807, 2.05) is 48.6 Å². The van der Waals surface area contributed by atoms with Crippen LogP contribution < -0.4 is 0 Å². The average Bonchev–Trinajstić information content (AvgIpc) is 3.02. The lowest BCUT2D eigenvalue weighted by Gasteiger charge is -2.00. The van der Waals surface area contributed by atoms with Crippen molar-refractivity contribution in [1.29, 1.82) is 0 Å². The summed E-state index contributed by atoms with van der Waals surface area (Å²) < 4.78 is 0. The molecule has 2 N–H and O–H groups in total. The van der Waals surface area contributed by atoms with Crippen LogP contribution >= 0.6 is 0 Å². The van der Waals surface area contributed by atoms with Crippen molar-refractivity contribution in [1.82, 2.24) is 0 Å². The van der Waals surface area contributed by atoms with Crippen molar-refractivity contribution in [3.05, 3.63) is 71.8 Å². The summed E-state index contributed by atoms with van der Waals surface area (Å²) in [6, 6.07) is 14.0. The predicted octanol–water partition coefficient (Wildman–Crippen LogP) is 3.97. The van der Waals surface area contributed by atoms with E-state index in [1.165, 1.54) is 0 Å². The lowest BCUT2D eigenvalue weighted by molar-refractivity contribution is 0.120. The van der Waals surface area contributed by atoms with E-state index in [-0.39, 0.29) is 17.6 Å². The third kappa shape index (κ3) is 4.23. The van der Waals surface area contributed by atoms with Gasteiger partial charge in [0, 0.05) is 6.42 Å². The molecule has 0 saturated carbocycles. The first-order valence-corrected chi connectivity index (χ1v) is 7.36. The zero-order valence-electron chi connectivity index (χ0n) is 12.5. The third-order valence-electron chi connectivity index (χ3n) is 3.47. The molecule has 0 aliphatic carbocycles. The van der Waals surface area contributed by atoms with Gasteiger partial charge in [0.05, 0.1) is 5.71 Å². The highest BCUT2D eigenvalue weighted by Crippen LogP contribution is 2.17. The number of nitrogens with zero attached hydrogens (tertiary/aromatic N) is 1. The molecule has 1 unspecified atom stereocenters. The van der Waals surface area contributed by atoms with Gasteiger partial charge in [0.1, 0.15) is 11.5 Å². The number of allylic oxidation sites excluding steroid dienone is 1. The lowest BCUT2D eigenvalue weighted by atomic mass is 10.1. The van der Waals surface area contributed by atoms with Crippen LogP contribution in [0.5, 0.6) is 11.5 Å². The molecule has 0 saturated heterocycles. The number of hydrogen-bond acceptors (Lipinski definition) is 4. The maximum atomic E-state index is 9.25. The van der Waals surface area contributed by atoms with Crippen molar-refractivity contribution in [2.75, 3.05) is 0 Å². The van der Waals surface area contributed by atoms with E-state index < -0.39 is 0 Å². The summed E-state index contributed by atoms with van der Waals surface area (Å²) in [5.74, 6) is 0.507. The molecule has 4 heteroatoms. The second-order valence-electron chi connectivity index (χ2n) is 5.31. The molecular weight excluding hydrogens is 290 g/mol. The molecule has 4 nitrogen and oxygen atoms in total. The highest BCUT2D eigenvalue weighted by Gasteiger charge is 2.15. The molecular formula is C19H17NO3. The zero-order valence-corrected chi connectivity index (χ0v) is 12.5. The van der Waals surface area contributed by atoms with Crippen molar-refractivity contribution >= 4 is 17.9 Å². The van der Waals surface area contributed by atoms with Gasteiger partial charge in [0.15, 0.2) is 6.10 Å². The first-order chi connectivity index (χ1) is 11.2. The minimum absolute atomic E-state index is 0.0803. The number of benzene rings is 2. The molecule has 2 aromatic carbocycles. The molecule has 0 bridgehead atoms. The van der Waals surface area contributed by atoms with E-state index >= 15 is 0 Å². The van der Waals surface area contributed by atoms with Crippen LogP contribution in [0.15, 0.2) is 65.8 Å². The standard InChI is InChI=1S/C19H17NO3/c21-17-8-2-14(3-9-17)1-7-16-13-19(23-20-16)12-6-15-4-10-18(22)11-5-15/h1-12,19,21-22H,13H2/b7-1+,12-6+. The Balaban J connectivity index is 1.55. The molecule has 23 heavy (non-hydrogen) atoms. The van der Waals surface area contributed by atoms with Gasteiger partial charge in [-0.25, -0.2) is 0 Å². The Morgan fingerprint density at radius 3 is 2.00 bits per heavy atom. The summed E-state index contributed by atoms with van der Waals surface area (Å²) in [4.78, 5) is 5.38. The fraction of sp³-hybridized carbons (Fsp3) is 0.105. The van der Waals surface area contributed by atoms with Crippen LogP contribution in [0.25, 0.3) is 12.2 Å². The molecule has 0 aromatic heterocycles. The van der Waals surface area contributed by atoms with E-state index in [4.69, 9.17) is 4.84 Å². The number of phenolic OH excluding ortho intramolecular Hbond substituents is 2. The van der Waals surface area contributed by atoms with Gasteiger partial charge in [-0.3, -0.25) is 0 Å². The molecule has 0 spiro atoms. The predicted molar refractivity (Wildman–Crippen MR) is 91.2 cm³/mol. The van der Waals surface area contributed by atoms with Gasteiger partial charge in [-0.15, -0.1) is 0 Å². The Labute approximate surface area is 134 Å². The maximum absolute atomic E-state index is 9.25. The SMILES string of the molecule is Oc1ccc(/C=C/C2=NOC(/C=C/c3ccc(O)cc3)C2)cc1. The van der Waals surface area contributed by atoms with Crippen LogP contribution in [0.3, 0.4) is 0 Å². The molecule has 0 amide bonds. The lowest BCUT2D eigenvalue weighted by Crippen LogP contribution is -2.02. The maximum Gasteiger partial charge on any atom is 0.151 e. The Kier molecular flexibility index (Phi) is 4.43. The number of phenols is 2. The minimum atomic E-state index is -0.0803. The van der Waals surface area contributed by atoms with E-state index in [1.54, 1.807) is 24.3 Å². The van der Waals surface area contributed by atoms with Gasteiger partial charge < -0.3 is 15.1 Å². The normalized spacial score (nSPS) is 17.6. The molecule has 1 aliphatic rings. The number of rotatable bonds is 4. The Hall–Kier alpha value is -3.01. The van der Waals surface area contributed by atoms with Gasteiger partial charge in [-0.2, -0.15) is 0 Å². The molecule has 1 atom stereocenters. The molecule has 0 fully saturated rings. The number of aromatic hydroxyl groups is 2. The average molecular weight is 307 g/mol. The van der Waals surface area contributed by atoms with Gasteiger partial charge in [0.2, 0.25) is 0 Å². The van der Waals surface area contributed by atoms with Gasteiger partial charge in [0.25, 0.3) is 0 Å². The summed E-state index contributed by atoms with van der Waals surface area (Å²) in [5.41, 5.74) is 2.87. The quantitative estimate of drug-likeness (QED) is 0.898. The monoisotopic (exact) mass is 307 g/mol. The van der Waals surface area contributed by atoms with Crippen LogP contribution in [0.2, 0.25) is 0 Å². The summed E-state index contributed by atoms with van der Waals surface area (Å²) in [6.45, 7) is 0. The topological polar surface area (TPSA) is 62.1 Å². The van der Waals surface area contributed by atoms with Crippen molar-refractivity contribution in [3.8, 4) is 11.5 Å². The van der Waals surface area contributed by atoms with Crippen LogP contribution in [-0.2, 0) is 4.84 Å². The molecule has 1 aliphatic heterocycles. The first kappa shape index (κ1) is 14.9. The number of hydrogen-bond donors (Lipinski definition) is 2. The fourth-order valence-electron chi connectivity index (χ4n) is 2.20. The van der Waals surface area contributed by atoms with Crippen molar-refractivity contribution < 1.29 is 15.1 Å². The largest absolute Gasteiger partial charge is 0.508 e. The van der Waals surface area contributed by atoms with Gasteiger partial charge >= 0.3 is 0 Å². The molecule has 0 radical (unpaired) electrons. The molecule has 1 heterocycles. The van der Waals surface area contributed by atoms with E-state index in [0.29, 0.717) is 6.42 Å². The Bertz CT molecular complexity index is 743. The highest BCUT2D eigenvalue weighted by molar-refractivity contribution is 5.99. The Morgan fingerprint density at radius 1 is 0.826 bits per heavy atom. The van der Waals surface area contributed by atoms with E-state index in [9.17, 15) is 10.2 Å². The fourth-order valence-corrected chi connectivity index (χ4v) is 2.20. The summed E-state index contributed by atoms with van der Waals surface area (Å²) in [7, 11) is 0. The third-order valence-corrected chi connectivity index (χ3v) is 3.47. The summed E-state index contributed by atoms with van der Waals surface area (Å²) in [5, 5.41) is 22.6. The smallest absolute Gasteiger partial charge is 0.151 e. The summed E-state index contributed by atoms with van der Waals surface area (Å²) in [6.07, 6.45) is 8.39. The summed E-state index contributed by atoms with van der Waals surface area (Å²) >= 11 is 0. The van der Waals surface area contributed by atoms with Crippen molar-refractivity contribution in [2.24, 2.45) is 5.16 Å². The van der Waals surface area contributed by atoms with Gasteiger partial charge in [-0.1, -0.05) is 41.6 Å². The second-order valence-corrected chi connectivity index (χ2v) is 5.31. The minimum Gasteiger partial charge on any atom is -0.508 e. The van der Waals surface area contributed by atoms with E-state index in [0.717, 1.165) is 16.8 Å². The van der Waals surface area contributed by atoms with Crippen LogP contribution in [0, 0.1) is 0 Å². The molecule has 116 valence electrons. The van der Waals surface area contributed by atoms with Crippen molar-refractivity contribution in [2.45, 2.75) is 12.5 Å². The Morgan fingerprint density at radius 2 is 1.39 bits per heavy atom. The van der Waals surface area contributed by atoms with Gasteiger partial charge in [-0.05, 0) is 47.5 Å². The van der Waals surface area contributed by atoms with Crippen LogP contribution in [0.4, 0.5) is 0 Å². The van der Waals surface area contributed by atoms with Crippen LogP contribution in [-0.4, -0.2) is 22.0 Å². The first-order valence-electron chi connectivity index (χ1n) is 7.36.